The maximum absolute atomic E-state index is 12.3. The van der Waals surface area contributed by atoms with E-state index >= 15 is 0 Å². The molecule has 1 aromatic carbocycles. The summed E-state index contributed by atoms with van der Waals surface area (Å²) < 4.78 is 0. The van der Waals surface area contributed by atoms with Crippen LogP contribution in [0.25, 0.3) is 0 Å². The lowest BCUT2D eigenvalue weighted by atomic mass is 10.1. The van der Waals surface area contributed by atoms with Crippen LogP contribution in [-0.2, 0) is 4.79 Å². The lowest BCUT2D eigenvalue weighted by Gasteiger charge is -2.17. The minimum atomic E-state index is -0.622. The minimum Gasteiger partial charge on any atom is -0.347 e. The average molecular weight is 338 g/mol. The molecule has 0 radical (unpaired) electrons. The van der Waals surface area contributed by atoms with Crippen molar-refractivity contribution in [1.29, 1.82) is 0 Å². The van der Waals surface area contributed by atoms with Gasteiger partial charge in [-0.2, -0.15) is 0 Å². The number of nitro benzene ring substituents is 1. The zero-order valence-corrected chi connectivity index (χ0v) is 13.2. The third-order valence-electron chi connectivity index (χ3n) is 4.36. The highest BCUT2D eigenvalue weighted by Gasteiger charge is 2.45. The van der Waals surface area contributed by atoms with E-state index in [4.69, 9.17) is 11.6 Å². The summed E-state index contributed by atoms with van der Waals surface area (Å²) in [5, 5.41) is 14.0. The Labute approximate surface area is 137 Å². The van der Waals surface area contributed by atoms with Crippen molar-refractivity contribution in [3.8, 4) is 0 Å². The summed E-state index contributed by atoms with van der Waals surface area (Å²) in [5.41, 5.74) is -0.392. The van der Waals surface area contributed by atoms with Gasteiger partial charge in [-0.05, 0) is 24.5 Å². The molecule has 0 unspecified atom stereocenters. The molecule has 0 aromatic heterocycles. The molecule has 2 fully saturated rings. The quantitative estimate of drug-likeness (QED) is 0.671. The van der Waals surface area contributed by atoms with Crippen LogP contribution >= 0.6 is 11.6 Å². The van der Waals surface area contributed by atoms with Crippen LogP contribution in [0.15, 0.2) is 18.2 Å². The maximum atomic E-state index is 12.3. The SMILES string of the molecule is C[C@@H]1C[C@@H]1N1C[C@@H](NC(=O)c2cc(Cl)ccc2[N+](=O)[O-])CC1=O. The number of nitrogens with one attached hydrogen (secondary N) is 1. The molecule has 23 heavy (non-hydrogen) atoms. The van der Waals surface area contributed by atoms with Gasteiger partial charge in [-0.1, -0.05) is 18.5 Å². The fourth-order valence-corrected chi connectivity index (χ4v) is 3.17. The molecular formula is C15H16ClN3O4. The Kier molecular flexibility index (Phi) is 3.97. The maximum Gasteiger partial charge on any atom is 0.282 e. The topological polar surface area (TPSA) is 92.6 Å². The number of benzene rings is 1. The van der Waals surface area contributed by atoms with Crippen LogP contribution < -0.4 is 5.32 Å². The first-order valence-electron chi connectivity index (χ1n) is 7.41. The summed E-state index contributed by atoms with van der Waals surface area (Å²) in [6, 6.07) is 3.78. The molecule has 1 heterocycles. The zero-order chi connectivity index (χ0) is 16.7. The number of nitrogens with zero attached hydrogens (tertiary/aromatic N) is 2. The summed E-state index contributed by atoms with van der Waals surface area (Å²) in [5.74, 6) is -0.0599. The van der Waals surface area contributed by atoms with E-state index in [9.17, 15) is 19.7 Å². The monoisotopic (exact) mass is 337 g/mol. The second-order valence-electron chi connectivity index (χ2n) is 6.12. The van der Waals surface area contributed by atoms with Gasteiger partial charge in [-0.25, -0.2) is 0 Å². The summed E-state index contributed by atoms with van der Waals surface area (Å²) in [4.78, 5) is 36.5. The van der Waals surface area contributed by atoms with Crippen LogP contribution in [0.3, 0.4) is 0 Å². The van der Waals surface area contributed by atoms with E-state index in [1.165, 1.54) is 18.2 Å². The Hall–Kier alpha value is -2.15. The van der Waals surface area contributed by atoms with Gasteiger partial charge in [0.05, 0.1) is 11.0 Å². The summed E-state index contributed by atoms with van der Waals surface area (Å²) in [6.45, 7) is 2.53. The Balaban J connectivity index is 1.72. The van der Waals surface area contributed by atoms with Crippen LogP contribution in [0, 0.1) is 16.0 Å². The Bertz CT molecular complexity index is 693. The first-order valence-corrected chi connectivity index (χ1v) is 7.79. The van der Waals surface area contributed by atoms with Crippen molar-refractivity contribution in [2.45, 2.75) is 31.8 Å². The molecule has 1 saturated heterocycles. The Morgan fingerprint density at radius 1 is 1.48 bits per heavy atom. The molecule has 2 amide bonds. The van der Waals surface area contributed by atoms with Gasteiger partial charge in [0, 0.05) is 30.1 Å². The number of rotatable bonds is 4. The van der Waals surface area contributed by atoms with E-state index < -0.39 is 10.8 Å². The number of carbonyl (C=O) groups is 2. The van der Waals surface area contributed by atoms with Gasteiger partial charge >= 0.3 is 0 Å². The van der Waals surface area contributed by atoms with E-state index in [1.54, 1.807) is 4.90 Å². The van der Waals surface area contributed by atoms with Crippen molar-refractivity contribution >= 4 is 29.1 Å². The lowest BCUT2D eigenvalue weighted by molar-refractivity contribution is -0.385. The highest BCUT2D eigenvalue weighted by atomic mass is 35.5. The molecule has 0 bridgehead atoms. The van der Waals surface area contributed by atoms with Crippen molar-refractivity contribution in [3.05, 3.63) is 38.9 Å². The average Bonchev–Trinajstić information content (AvgIpc) is 3.09. The summed E-state index contributed by atoms with van der Waals surface area (Å²) in [7, 11) is 0. The second kappa shape index (κ2) is 5.81. The fraction of sp³-hybridized carbons (Fsp3) is 0.467. The first kappa shape index (κ1) is 15.7. The van der Waals surface area contributed by atoms with Crippen molar-refractivity contribution < 1.29 is 14.5 Å². The molecule has 122 valence electrons. The van der Waals surface area contributed by atoms with Crippen LogP contribution in [0.2, 0.25) is 5.02 Å². The number of carbonyl (C=O) groups excluding carboxylic acids is 2. The van der Waals surface area contributed by atoms with Gasteiger partial charge in [-0.3, -0.25) is 19.7 Å². The number of hydrogen-bond donors (Lipinski definition) is 1. The van der Waals surface area contributed by atoms with Crippen LogP contribution in [0.5, 0.6) is 0 Å². The molecule has 8 heteroatoms. The minimum absolute atomic E-state index is 0.0187. The number of hydrogen-bond acceptors (Lipinski definition) is 4. The summed E-state index contributed by atoms with van der Waals surface area (Å²) >= 11 is 5.83. The standard InChI is InChI=1S/C15H16ClN3O4/c1-8-4-13(8)18-7-10(6-14(18)20)17-15(21)11-5-9(16)2-3-12(11)19(22)23/h2-3,5,8,10,13H,4,6-7H2,1H3,(H,17,21)/t8-,10+,13+/m1/s1. The fourth-order valence-electron chi connectivity index (χ4n) is 3.00. The molecule has 1 aromatic rings. The van der Waals surface area contributed by atoms with E-state index in [-0.39, 0.29) is 40.7 Å². The van der Waals surface area contributed by atoms with E-state index in [1.807, 2.05) is 0 Å². The molecule has 1 aliphatic heterocycles. The second-order valence-corrected chi connectivity index (χ2v) is 6.56. The molecule has 2 aliphatic rings. The molecule has 3 rings (SSSR count). The van der Waals surface area contributed by atoms with Crippen molar-refractivity contribution in [2.24, 2.45) is 5.92 Å². The smallest absolute Gasteiger partial charge is 0.282 e. The molecular weight excluding hydrogens is 322 g/mol. The Morgan fingerprint density at radius 2 is 2.17 bits per heavy atom. The molecule has 7 nitrogen and oxygen atoms in total. The summed E-state index contributed by atoms with van der Waals surface area (Å²) in [6.07, 6.45) is 1.22. The molecule has 0 spiro atoms. The zero-order valence-electron chi connectivity index (χ0n) is 12.5. The highest BCUT2D eigenvalue weighted by molar-refractivity contribution is 6.31. The number of amides is 2. The number of likely N-dealkylation sites (tertiary alicyclic amines) is 1. The van der Waals surface area contributed by atoms with E-state index in [0.717, 1.165) is 6.42 Å². The largest absolute Gasteiger partial charge is 0.347 e. The van der Waals surface area contributed by atoms with Gasteiger partial charge in [-0.15, -0.1) is 0 Å². The van der Waals surface area contributed by atoms with Crippen LogP contribution in [0.1, 0.15) is 30.1 Å². The van der Waals surface area contributed by atoms with Gasteiger partial charge in [0.2, 0.25) is 5.91 Å². The van der Waals surface area contributed by atoms with Crippen LogP contribution in [-0.4, -0.2) is 40.3 Å². The van der Waals surface area contributed by atoms with Gasteiger partial charge in [0.1, 0.15) is 5.56 Å². The van der Waals surface area contributed by atoms with Crippen molar-refractivity contribution in [1.82, 2.24) is 10.2 Å². The van der Waals surface area contributed by atoms with Gasteiger partial charge < -0.3 is 10.2 Å². The normalized spacial score (nSPS) is 26.3. The van der Waals surface area contributed by atoms with Crippen molar-refractivity contribution in [2.75, 3.05) is 6.54 Å². The Morgan fingerprint density at radius 3 is 2.78 bits per heavy atom. The third-order valence-corrected chi connectivity index (χ3v) is 4.60. The number of halogens is 1. The molecule has 1 N–H and O–H groups in total. The third kappa shape index (κ3) is 3.14. The number of nitro groups is 1. The lowest BCUT2D eigenvalue weighted by Crippen LogP contribution is -2.38. The highest BCUT2D eigenvalue weighted by Crippen LogP contribution is 2.37. The van der Waals surface area contributed by atoms with E-state index in [0.29, 0.717) is 12.5 Å². The molecule has 1 saturated carbocycles. The predicted molar refractivity (Wildman–Crippen MR) is 83.3 cm³/mol. The van der Waals surface area contributed by atoms with Crippen molar-refractivity contribution in [3.63, 3.8) is 0 Å². The van der Waals surface area contributed by atoms with Gasteiger partial charge in [0.15, 0.2) is 0 Å². The predicted octanol–water partition coefficient (Wildman–Crippen LogP) is 1.99. The molecule has 3 atom stereocenters. The van der Waals surface area contributed by atoms with Crippen LogP contribution in [0.4, 0.5) is 5.69 Å². The van der Waals surface area contributed by atoms with Gasteiger partial charge in [0.25, 0.3) is 11.6 Å². The van der Waals surface area contributed by atoms with E-state index in [2.05, 4.69) is 12.2 Å². The first-order chi connectivity index (χ1) is 10.9. The molecule has 1 aliphatic carbocycles.